The summed E-state index contributed by atoms with van der Waals surface area (Å²) in [6, 6.07) is 13.7. The van der Waals surface area contributed by atoms with E-state index in [2.05, 4.69) is 15.2 Å². The number of rotatable bonds is 3. The number of hydrogen-bond acceptors (Lipinski definition) is 4. The van der Waals surface area contributed by atoms with Crippen LogP contribution in [0.1, 0.15) is 25.7 Å². The number of piperidine rings is 1. The molecule has 0 aliphatic carbocycles. The molecule has 1 N–H and O–H groups in total. The van der Waals surface area contributed by atoms with Gasteiger partial charge in [0, 0.05) is 30.6 Å². The Morgan fingerprint density at radius 1 is 1.12 bits per heavy atom. The molecule has 0 unspecified atom stereocenters. The quantitative estimate of drug-likeness (QED) is 0.899. The molecule has 2 aromatic rings. The second-order valence-corrected chi connectivity index (χ2v) is 7.84. The number of hydrogen-bond donors (Lipinski definition) is 1. The monoisotopic (exact) mass is 367 g/mol. The second-order valence-electron chi connectivity index (χ2n) is 6.67. The number of aliphatic imine (C=N–C) groups is 1. The maximum atomic E-state index is 12.5. The van der Waals surface area contributed by atoms with E-state index >= 15 is 0 Å². The SMILES string of the molecule is O=C(C[C@@H]1SC(N2CCCCC2)=NC1=O)Nc1cccc2ccccc12. The summed E-state index contributed by atoms with van der Waals surface area (Å²) in [4.78, 5) is 31.1. The van der Waals surface area contributed by atoms with Gasteiger partial charge in [-0.05, 0) is 30.7 Å². The van der Waals surface area contributed by atoms with Crippen LogP contribution in [-0.4, -0.2) is 40.2 Å². The molecule has 0 spiro atoms. The topological polar surface area (TPSA) is 61.8 Å². The lowest BCUT2D eigenvalue weighted by atomic mass is 10.1. The molecule has 4 rings (SSSR count). The van der Waals surface area contributed by atoms with Crippen molar-refractivity contribution in [2.24, 2.45) is 4.99 Å². The molecular weight excluding hydrogens is 346 g/mol. The first-order chi connectivity index (χ1) is 12.7. The Morgan fingerprint density at radius 3 is 2.73 bits per heavy atom. The van der Waals surface area contributed by atoms with E-state index in [1.807, 2.05) is 42.5 Å². The fourth-order valence-corrected chi connectivity index (χ4v) is 4.55. The number of benzene rings is 2. The predicted octanol–water partition coefficient (Wildman–Crippen LogP) is 3.65. The maximum Gasteiger partial charge on any atom is 0.262 e. The standard InChI is InChI=1S/C20H21N3O2S/c24-18(21-16-10-6-8-14-7-2-3-9-15(14)16)13-17-19(25)22-20(26-17)23-11-4-1-5-12-23/h2-3,6-10,17H,1,4-5,11-13H2,(H,21,24)/t17-/m0/s1. The van der Waals surface area contributed by atoms with E-state index in [-0.39, 0.29) is 18.2 Å². The number of amides is 2. The number of anilines is 1. The van der Waals surface area contributed by atoms with Gasteiger partial charge in [-0.1, -0.05) is 48.2 Å². The van der Waals surface area contributed by atoms with Crippen molar-refractivity contribution in [2.75, 3.05) is 18.4 Å². The van der Waals surface area contributed by atoms with Crippen LogP contribution in [0.15, 0.2) is 47.5 Å². The van der Waals surface area contributed by atoms with E-state index in [0.717, 1.165) is 47.6 Å². The molecule has 5 nitrogen and oxygen atoms in total. The molecule has 0 aromatic heterocycles. The van der Waals surface area contributed by atoms with Gasteiger partial charge in [0.25, 0.3) is 5.91 Å². The highest BCUT2D eigenvalue weighted by Crippen LogP contribution is 2.29. The van der Waals surface area contributed by atoms with Crippen LogP contribution in [-0.2, 0) is 9.59 Å². The van der Waals surface area contributed by atoms with Crippen molar-refractivity contribution in [3.63, 3.8) is 0 Å². The first-order valence-electron chi connectivity index (χ1n) is 9.02. The zero-order valence-corrected chi connectivity index (χ0v) is 15.3. The second kappa shape index (κ2) is 7.50. The minimum Gasteiger partial charge on any atom is -0.351 e. The summed E-state index contributed by atoms with van der Waals surface area (Å²) < 4.78 is 0. The largest absolute Gasteiger partial charge is 0.351 e. The number of nitrogens with zero attached hydrogens (tertiary/aromatic N) is 2. The highest BCUT2D eigenvalue weighted by atomic mass is 32.2. The van der Waals surface area contributed by atoms with Gasteiger partial charge in [-0.25, -0.2) is 0 Å². The Morgan fingerprint density at radius 2 is 1.88 bits per heavy atom. The molecular formula is C20H21N3O2S. The van der Waals surface area contributed by atoms with E-state index in [4.69, 9.17) is 0 Å². The number of likely N-dealkylation sites (tertiary alicyclic amines) is 1. The first kappa shape index (κ1) is 17.1. The lowest BCUT2D eigenvalue weighted by Crippen LogP contribution is -2.33. The maximum absolute atomic E-state index is 12.5. The molecule has 2 aliphatic heterocycles. The summed E-state index contributed by atoms with van der Waals surface area (Å²) in [5, 5.41) is 5.41. The smallest absolute Gasteiger partial charge is 0.262 e. The van der Waals surface area contributed by atoms with E-state index < -0.39 is 5.25 Å². The summed E-state index contributed by atoms with van der Waals surface area (Å²) in [6.45, 7) is 1.90. The van der Waals surface area contributed by atoms with Crippen molar-refractivity contribution in [3.05, 3.63) is 42.5 Å². The fraction of sp³-hybridized carbons (Fsp3) is 0.350. The Bertz CT molecular complexity index is 869. The molecule has 6 heteroatoms. The van der Waals surface area contributed by atoms with Crippen molar-refractivity contribution in [1.82, 2.24) is 4.90 Å². The van der Waals surface area contributed by atoms with Crippen LogP contribution in [0.25, 0.3) is 10.8 Å². The van der Waals surface area contributed by atoms with Crippen LogP contribution >= 0.6 is 11.8 Å². The van der Waals surface area contributed by atoms with Gasteiger partial charge in [0.05, 0.1) is 0 Å². The van der Waals surface area contributed by atoms with Gasteiger partial charge in [-0.3, -0.25) is 9.59 Å². The van der Waals surface area contributed by atoms with E-state index in [1.165, 1.54) is 18.2 Å². The lowest BCUT2D eigenvalue weighted by Gasteiger charge is -2.27. The molecule has 0 saturated carbocycles. The first-order valence-corrected chi connectivity index (χ1v) is 9.90. The number of thioether (sulfide) groups is 1. The molecule has 2 aliphatic rings. The van der Waals surface area contributed by atoms with Gasteiger partial charge in [-0.2, -0.15) is 4.99 Å². The Kier molecular flexibility index (Phi) is 4.93. The Labute approximate surface area is 156 Å². The molecule has 1 saturated heterocycles. The zero-order valence-electron chi connectivity index (χ0n) is 14.5. The average Bonchev–Trinajstić information content (AvgIpc) is 3.03. The molecule has 0 bridgehead atoms. The van der Waals surface area contributed by atoms with Crippen molar-refractivity contribution in [2.45, 2.75) is 30.9 Å². The molecule has 134 valence electrons. The molecule has 0 radical (unpaired) electrons. The molecule has 2 aromatic carbocycles. The van der Waals surface area contributed by atoms with Crippen molar-refractivity contribution < 1.29 is 9.59 Å². The average molecular weight is 367 g/mol. The molecule has 26 heavy (non-hydrogen) atoms. The molecule has 1 fully saturated rings. The number of amidine groups is 1. The van der Waals surface area contributed by atoms with E-state index in [9.17, 15) is 9.59 Å². The van der Waals surface area contributed by atoms with Gasteiger partial charge in [0.15, 0.2) is 5.17 Å². The summed E-state index contributed by atoms with van der Waals surface area (Å²) >= 11 is 1.43. The van der Waals surface area contributed by atoms with Crippen LogP contribution in [0.2, 0.25) is 0 Å². The number of carbonyl (C=O) groups excluding carboxylic acids is 2. The summed E-state index contributed by atoms with van der Waals surface area (Å²) in [5.74, 6) is -0.342. The normalized spacial score (nSPS) is 20.3. The molecule has 2 amide bonds. The third kappa shape index (κ3) is 3.60. The van der Waals surface area contributed by atoms with Crippen LogP contribution in [0.3, 0.4) is 0 Å². The van der Waals surface area contributed by atoms with Crippen molar-refractivity contribution >= 4 is 45.2 Å². The van der Waals surface area contributed by atoms with E-state index in [1.54, 1.807) is 0 Å². The van der Waals surface area contributed by atoms with Crippen LogP contribution < -0.4 is 5.32 Å². The van der Waals surface area contributed by atoms with Gasteiger partial charge in [-0.15, -0.1) is 0 Å². The third-order valence-electron chi connectivity index (χ3n) is 4.79. The number of carbonyl (C=O) groups is 2. The van der Waals surface area contributed by atoms with Gasteiger partial charge in [0.1, 0.15) is 5.25 Å². The Hall–Kier alpha value is -2.34. The highest BCUT2D eigenvalue weighted by molar-refractivity contribution is 8.15. The van der Waals surface area contributed by atoms with Crippen LogP contribution in [0.5, 0.6) is 0 Å². The van der Waals surface area contributed by atoms with Crippen LogP contribution in [0.4, 0.5) is 5.69 Å². The predicted molar refractivity (Wildman–Crippen MR) is 106 cm³/mol. The van der Waals surface area contributed by atoms with Gasteiger partial charge >= 0.3 is 0 Å². The summed E-state index contributed by atoms with van der Waals surface area (Å²) in [7, 11) is 0. The van der Waals surface area contributed by atoms with Crippen LogP contribution in [0, 0.1) is 0 Å². The van der Waals surface area contributed by atoms with Gasteiger partial charge < -0.3 is 10.2 Å². The summed E-state index contributed by atoms with van der Waals surface area (Å²) in [6.07, 6.45) is 3.66. The molecule has 1 atom stereocenters. The fourth-order valence-electron chi connectivity index (χ4n) is 3.43. The van der Waals surface area contributed by atoms with Crippen molar-refractivity contribution in [1.29, 1.82) is 0 Å². The van der Waals surface area contributed by atoms with E-state index in [0.29, 0.717) is 0 Å². The number of nitrogens with one attached hydrogen (secondary N) is 1. The molecule has 2 heterocycles. The summed E-state index contributed by atoms with van der Waals surface area (Å²) in [5.41, 5.74) is 0.778. The number of fused-ring (bicyclic) bond motifs is 1. The highest BCUT2D eigenvalue weighted by Gasteiger charge is 2.33. The Balaban J connectivity index is 1.40. The minimum atomic E-state index is -0.415. The minimum absolute atomic E-state index is 0.146. The third-order valence-corrected chi connectivity index (χ3v) is 6.00. The van der Waals surface area contributed by atoms with Crippen molar-refractivity contribution in [3.8, 4) is 0 Å². The zero-order chi connectivity index (χ0) is 17.9. The van der Waals surface area contributed by atoms with Gasteiger partial charge in [0.2, 0.25) is 5.91 Å². The lowest BCUT2D eigenvalue weighted by molar-refractivity contribution is -0.121.